The van der Waals surface area contributed by atoms with Crippen LogP contribution in [-0.4, -0.2) is 31.8 Å². The van der Waals surface area contributed by atoms with Crippen molar-refractivity contribution >= 4 is 26.8 Å². The van der Waals surface area contributed by atoms with Gasteiger partial charge in [-0.15, -0.1) is 0 Å². The predicted octanol–water partition coefficient (Wildman–Crippen LogP) is 0.600. The van der Waals surface area contributed by atoms with Crippen LogP contribution in [0.15, 0.2) is 47.4 Å². The Hall–Kier alpha value is -1.92. The van der Waals surface area contributed by atoms with E-state index in [0.717, 1.165) is 15.1 Å². The molecule has 5 nitrogen and oxygen atoms in total. The lowest BCUT2D eigenvalue weighted by atomic mass is 10.1. The molecule has 0 unspecified atom stereocenters. The fourth-order valence-electron chi connectivity index (χ4n) is 1.99. The SMILES string of the molecule is CCN(CC(=O)[O-])S(=O)(=O)c1ccc2ccccc2c1. The molecule has 0 aliphatic carbocycles. The van der Waals surface area contributed by atoms with Crippen LogP contribution in [0.25, 0.3) is 10.8 Å². The van der Waals surface area contributed by atoms with E-state index < -0.39 is 22.5 Å². The molecular formula is C14H14NO4S-. The number of carboxylic acids is 1. The number of aliphatic carboxylic acids is 1. The minimum atomic E-state index is -3.83. The van der Waals surface area contributed by atoms with Crippen molar-refractivity contribution in [3.8, 4) is 0 Å². The number of rotatable bonds is 5. The van der Waals surface area contributed by atoms with E-state index in [0.29, 0.717) is 0 Å². The third-order valence-electron chi connectivity index (χ3n) is 3.02. The molecule has 0 radical (unpaired) electrons. The van der Waals surface area contributed by atoms with Gasteiger partial charge in [0.2, 0.25) is 10.0 Å². The van der Waals surface area contributed by atoms with E-state index in [1.165, 1.54) is 6.07 Å². The first-order chi connectivity index (χ1) is 9.45. The third-order valence-corrected chi connectivity index (χ3v) is 4.93. The largest absolute Gasteiger partial charge is 0.549 e. The van der Waals surface area contributed by atoms with Crippen molar-refractivity contribution in [1.29, 1.82) is 0 Å². The lowest BCUT2D eigenvalue weighted by molar-refractivity contribution is -0.305. The fraction of sp³-hybridized carbons (Fsp3) is 0.214. The molecule has 2 aromatic carbocycles. The number of nitrogens with zero attached hydrogens (tertiary/aromatic N) is 1. The van der Waals surface area contributed by atoms with E-state index >= 15 is 0 Å². The van der Waals surface area contributed by atoms with Gasteiger partial charge in [-0.3, -0.25) is 0 Å². The van der Waals surface area contributed by atoms with Crippen LogP contribution in [0.4, 0.5) is 0 Å². The Labute approximate surface area is 117 Å². The van der Waals surface area contributed by atoms with E-state index in [2.05, 4.69) is 0 Å². The van der Waals surface area contributed by atoms with E-state index in [1.54, 1.807) is 19.1 Å². The van der Waals surface area contributed by atoms with Crippen molar-refractivity contribution in [3.05, 3.63) is 42.5 Å². The first kappa shape index (κ1) is 14.5. The van der Waals surface area contributed by atoms with Gasteiger partial charge in [0, 0.05) is 6.54 Å². The number of benzene rings is 2. The normalized spacial score (nSPS) is 11.9. The lowest BCUT2D eigenvalue weighted by Gasteiger charge is -2.21. The smallest absolute Gasteiger partial charge is 0.243 e. The number of hydrogen-bond donors (Lipinski definition) is 0. The van der Waals surface area contributed by atoms with Crippen LogP contribution in [0.1, 0.15) is 6.92 Å². The number of carbonyl (C=O) groups is 1. The van der Waals surface area contributed by atoms with Gasteiger partial charge < -0.3 is 9.90 Å². The van der Waals surface area contributed by atoms with Crippen molar-refractivity contribution in [2.75, 3.05) is 13.1 Å². The molecule has 6 heteroatoms. The quantitative estimate of drug-likeness (QED) is 0.808. The Morgan fingerprint density at radius 2 is 1.80 bits per heavy atom. The zero-order chi connectivity index (χ0) is 14.8. The summed E-state index contributed by atoms with van der Waals surface area (Å²) >= 11 is 0. The van der Waals surface area contributed by atoms with Crippen molar-refractivity contribution in [2.45, 2.75) is 11.8 Å². The van der Waals surface area contributed by atoms with Crippen LogP contribution in [0.5, 0.6) is 0 Å². The summed E-state index contributed by atoms with van der Waals surface area (Å²) in [5, 5.41) is 12.4. The van der Waals surface area contributed by atoms with Crippen LogP contribution in [0, 0.1) is 0 Å². The average Bonchev–Trinajstić information content (AvgIpc) is 2.43. The molecule has 0 aromatic heterocycles. The number of sulfonamides is 1. The van der Waals surface area contributed by atoms with Crippen LogP contribution < -0.4 is 5.11 Å². The van der Waals surface area contributed by atoms with Gasteiger partial charge in [-0.2, -0.15) is 4.31 Å². The maximum atomic E-state index is 12.4. The summed E-state index contributed by atoms with van der Waals surface area (Å²) in [5.74, 6) is -1.42. The minimum absolute atomic E-state index is 0.0726. The maximum Gasteiger partial charge on any atom is 0.243 e. The van der Waals surface area contributed by atoms with Crippen molar-refractivity contribution in [2.24, 2.45) is 0 Å². The Bertz CT molecular complexity index is 740. The first-order valence-corrected chi connectivity index (χ1v) is 7.58. The second-order valence-corrected chi connectivity index (χ2v) is 6.25. The third kappa shape index (κ3) is 2.81. The Morgan fingerprint density at radius 1 is 1.15 bits per heavy atom. The summed E-state index contributed by atoms with van der Waals surface area (Å²) < 4.78 is 25.6. The van der Waals surface area contributed by atoms with E-state index in [4.69, 9.17) is 0 Å². The van der Waals surface area contributed by atoms with Gasteiger partial charge in [0.25, 0.3) is 0 Å². The monoisotopic (exact) mass is 292 g/mol. The lowest BCUT2D eigenvalue weighted by Crippen LogP contribution is -2.41. The van der Waals surface area contributed by atoms with Crippen LogP contribution >= 0.6 is 0 Å². The molecule has 0 fully saturated rings. The van der Waals surface area contributed by atoms with E-state index in [9.17, 15) is 18.3 Å². The summed E-state index contributed by atoms with van der Waals surface area (Å²) in [4.78, 5) is 10.7. The zero-order valence-corrected chi connectivity index (χ0v) is 11.8. The highest BCUT2D eigenvalue weighted by Gasteiger charge is 2.23. The van der Waals surface area contributed by atoms with Crippen LogP contribution in [-0.2, 0) is 14.8 Å². The van der Waals surface area contributed by atoms with Crippen molar-refractivity contribution < 1.29 is 18.3 Å². The van der Waals surface area contributed by atoms with Gasteiger partial charge in [-0.05, 0) is 22.9 Å². The number of carbonyl (C=O) groups excluding carboxylic acids is 1. The highest BCUT2D eigenvalue weighted by molar-refractivity contribution is 7.89. The minimum Gasteiger partial charge on any atom is -0.549 e. The Morgan fingerprint density at radius 3 is 2.40 bits per heavy atom. The van der Waals surface area contributed by atoms with Gasteiger partial charge >= 0.3 is 0 Å². The molecule has 0 heterocycles. The van der Waals surface area contributed by atoms with Gasteiger partial charge in [0.1, 0.15) is 0 Å². The number of carboxylic acid groups (broad SMARTS) is 1. The molecule has 0 N–H and O–H groups in total. The molecule has 106 valence electrons. The van der Waals surface area contributed by atoms with Gasteiger partial charge in [-0.1, -0.05) is 37.3 Å². The Balaban J connectivity index is 2.47. The van der Waals surface area contributed by atoms with Crippen molar-refractivity contribution in [1.82, 2.24) is 4.31 Å². The zero-order valence-electron chi connectivity index (χ0n) is 10.9. The number of hydrogen-bond acceptors (Lipinski definition) is 4. The van der Waals surface area contributed by atoms with E-state index in [-0.39, 0.29) is 11.4 Å². The standard InChI is InChI=1S/C14H15NO4S/c1-2-15(10-14(16)17)20(18,19)13-8-7-11-5-3-4-6-12(11)9-13/h3-9H,2,10H2,1H3,(H,16,17)/p-1. The topological polar surface area (TPSA) is 77.5 Å². The highest BCUT2D eigenvalue weighted by atomic mass is 32.2. The molecule has 0 bridgehead atoms. The highest BCUT2D eigenvalue weighted by Crippen LogP contribution is 2.21. The average molecular weight is 292 g/mol. The molecule has 2 aromatic rings. The molecule has 0 spiro atoms. The summed E-state index contributed by atoms with van der Waals surface area (Å²) in [6, 6.07) is 12.1. The number of likely N-dealkylation sites (N-methyl/N-ethyl adjacent to an activating group) is 1. The van der Waals surface area contributed by atoms with Crippen molar-refractivity contribution in [3.63, 3.8) is 0 Å². The molecular weight excluding hydrogens is 278 g/mol. The predicted molar refractivity (Wildman–Crippen MR) is 73.4 cm³/mol. The van der Waals surface area contributed by atoms with Crippen LogP contribution in [0.3, 0.4) is 0 Å². The molecule has 0 amide bonds. The molecule has 0 aliphatic rings. The second-order valence-electron chi connectivity index (χ2n) is 4.31. The second kappa shape index (κ2) is 5.60. The molecule has 0 saturated carbocycles. The first-order valence-electron chi connectivity index (χ1n) is 6.14. The Kier molecular flexibility index (Phi) is 4.06. The molecule has 20 heavy (non-hydrogen) atoms. The summed E-state index contributed by atoms with van der Waals surface area (Å²) in [6.07, 6.45) is 0. The van der Waals surface area contributed by atoms with Gasteiger partial charge in [0.15, 0.2) is 0 Å². The fourth-order valence-corrected chi connectivity index (χ4v) is 3.42. The molecule has 0 saturated heterocycles. The molecule has 0 atom stereocenters. The molecule has 2 rings (SSSR count). The number of fused-ring (bicyclic) bond motifs is 1. The molecule has 0 aliphatic heterocycles. The maximum absolute atomic E-state index is 12.4. The van der Waals surface area contributed by atoms with Gasteiger partial charge in [0.05, 0.1) is 17.4 Å². The summed E-state index contributed by atoms with van der Waals surface area (Å²) in [5.41, 5.74) is 0. The summed E-state index contributed by atoms with van der Waals surface area (Å²) in [6.45, 7) is 1.01. The van der Waals surface area contributed by atoms with Gasteiger partial charge in [-0.25, -0.2) is 8.42 Å². The summed E-state index contributed by atoms with van der Waals surface area (Å²) in [7, 11) is -3.83. The van der Waals surface area contributed by atoms with E-state index in [1.807, 2.05) is 24.3 Å². The van der Waals surface area contributed by atoms with Crippen LogP contribution in [0.2, 0.25) is 0 Å².